The van der Waals surface area contributed by atoms with Gasteiger partial charge in [-0.15, -0.1) is 0 Å². The van der Waals surface area contributed by atoms with Crippen molar-refractivity contribution in [2.45, 2.75) is 14.4 Å². The first kappa shape index (κ1) is 21.4. The van der Waals surface area contributed by atoms with Crippen molar-refractivity contribution in [1.82, 2.24) is 0 Å². The van der Waals surface area contributed by atoms with Crippen LogP contribution < -0.4 is 10.5 Å². The molecule has 0 aromatic heterocycles. The predicted octanol–water partition coefficient (Wildman–Crippen LogP) is 6.74. The first-order valence-corrected chi connectivity index (χ1v) is 9.30. The Labute approximate surface area is 162 Å². The molecule has 136 valence electrons. The summed E-state index contributed by atoms with van der Waals surface area (Å²) in [7, 11) is 0. The number of rotatable bonds is 4. The monoisotopic (exact) mass is 364 g/mol. The molecule has 0 aliphatic carbocycles. The highest BCUT2D eigenvalue weighted by Crippen LogP contribution is 2.35. The fourth-order valence-corrected chi connectivity index (χ4v) is 3.05. The quantitative estimate of drug-likeness (QED) is 0.503. The summed E-state index contributed by atoms with van der Waals surface area (Å²) in [5.41, 5.74) is 12.1. The molecule has 3 aromatic carbocycles. The fraction of sp³-hybridized carbons (Fsp3) is 0.130. The molecule has 3 heteroatoms. The Morgan fingerprint density at radius 1 is 0.885 bits per heavy atom. The maximum Gasteiger partial charge on any atom is 0.0519 e. The van der Waals surface area contributed by atoms with E-state index in [0.717, 1.165) is 5.69 Å². The van der Waals surface area contributed by atoms with Crippen LogP contribution in [0.15, 0.2) is 85.6 Å². The van der Waals surface area contributed by atoms with Crippen LogP contribution in [-0.4, -0.2) is 6.26 Å². The second-order valence-corrected chi connectivity index (χ2v) is 6.10. The first-order valence-electron chi connectivity index (χ1n) is 8.08. The van der Waals surface area contributed by atoms with Gasteiger partial charge in [-0.1, -0.05) is 86.6 Å². The minimum atomic E-state index is 0. The lowest BCUT2D eigenvalue weighted by Gasteiger charge is -2.14. The van der Waals surface area contributed by atoms with E-state index in [0.29, 0.717) is 0 Å². The van der Waals surface area contributed by atoms with Crippen molar-refractivity contribution in [3.63, 3.8) is 0 Å². The van der Waals surface area contributed by atoms with Crippen molar-refractivity contribution in [3.05, 3.63) is 91.1 Å². The molecule has 0 spiro atoms. The Bertz CT molecular complexity index is 813. The average Bonchev–Trinajstić information content (AvgIpc) is 2.64. The Hall–Kier alpha value is -2.65. The van der Waals surface area contributed by atoms with Crippen LogP contribution in [0.1, 0.15) is 13.0 Å². The van der Waals surface area contributed by atoms with Gasteiger partial charge in [0.25, 0.3) is 0 Å². The minimum absolute atomic E-state index is 0. The minimum Gasteiger partial charge on any atom is -0.405 e. The summed E-state index contributed by atoms with van der Waals surface area (Å²) in [5.74, 6) is 0. The van der Waals surface area contributed by atoms with Gasteiger partial charge in [-0.2, -0.15) is 0 Å². The van der Waals surface area contributed by atoms with Gasteiger partial charge < -0.3 is 10.5 Å². The van der Waals surface area contributed by atoms with Gasteiger partial charge in [0.15, 0.2) is 0 Å². The lowest BCUT2D eigenvalue weighted by molar-refractivity contribution is 1.46. The summed E-state index contributed by atoms with van der Waals surface area (Å²) >= 11 is 1.62. The Morgan fingerprint density at radius 2 is 1.50 bits per heavy atom. The van der Waals surface area contributed by atoms with E-state index in [1.807, 2.05) is 6.26 Å². The number of hydrogen-bond acceptors (Lipinski definition) is 3. The molecule has 0 bridgehead atoms. The molecule has 0 aliphatic rings. The molecule has 0 fully saturated rings. The van der Waals surface area contributed by atoms with Gasteiger partial charge >= 0.3 is 0 Å². The topological polar surface area (TPSA) is 38.0 Å². The molecule has 3 N–H and O–H groups in total. The first-order chi connectivity index (χ1) is 12.2. The van der Waals surface area contributed by atoms with E-state index in [1.165, 1.54) is 34.0 Å². The molecular formula is C23H28N2S. The standard InChI is InChI=1S/C20H19NS.C2H5N.CH4/c1-15-8-6-7-11-18(15)19-14-17(12-13-20(19)21-22-2)16-9-4-3-5-10-16;1-2-3;/h3-14,21H,1-2H3;2H,1,3H2;1H4. The van der Waals surface area contributed by atoms with Gasteiger partial charge in [0.1, 0.15) is 0 Å². The molecule has 3 aromatic rings. The summed E-state index contributed by atoms with van der Waals surface area (Å²) < 4.78 is 3.40. The van der Waals surface area contributed by atoms with Crippen LogP contribution in [0, 0.1) is 6.92 Å². The van der Waals surface area contributed by atoms with Crippen LogP contribution in [0.4, 0.5) is 5.69 Å². The molecule has 2 nitrogen and oxygen atoms in total. The van der Waals surface area contributed by atoms with Crippen LogP contribution in [0.25, 0.3) is 22.3 Å². The van der Waals surface area contributed by atoms with E-state index >= 15 is 0 Å². The normalized spacial score (nSPS) is 9.31. The van der Waals surface area contributed by atoms with Crippen molar-refractivity contribution in [2.24, 2.45) is 5.73 Å². The molecule has 0 radical (unpaired) electrons. The van der Waals surface area contributed by atoms with E-state index in [4.69, 9.17) is 0 Å². The Kier molecular flexibility index (Phi) is 9.10. The molecule has 0 unspecified atom stereocenters. The van der Waals surface area contributed by atoms with Crippen LogP contribution in [0.3, 0.4) is 0 Å². The zero-order chi connectivity index (χ0) is 18.1. The number of nitrogens with two attached hydrogens (primary N) is 1. The number of hydrogen-bond donors (Lipinski definition) is 2. The van der Waals surface area contributed by atoms with Gasteiger partial charge in [0, 0.05) is 11.8 Å². The summed E-state index contributed by atoms with van der Waals surface area (Å²) in [5, 5.41) is 0. The van der Waals surface area contributed by atoms with E-state index in [2.05, 4.69) is 96.8 Å². The molecule has 0 heterocycles. The van der Waals surface area contributed by atoms with Crippen molar-refractivity contribution < 1.29 is 0 Å². The zero-order valence-electron chi connectivity index (χ0n) is 14.7. The second-order valence-electron chi connectivity index (χ2n) is 5.48. The van der Waals surface area contributed by atoms with Crippen LogP contribution in [0.5, 0.6) is 0 Å². The molecule has 0 saturated carbocycles. The van der Waals surface area contributed by atoms with Crippen molar-refractivity contribution in [3.8, 4) is 22.3 Å². The maximum absolute atomic E-state index is 4.61. The summed E-state index contributed by atoms with van der Waals surface area (Å²) in [6, 6.07) is 25.7. The summed E-state index contributed by atoms with van der Waals surface area (Å²) in [6.45, 7) is 5.30. The Balaban J connectivity index is 0.000000791. The molecule has 3 rings (SSSR count). The van der Waals surface area contributed by atoms with E-state index < -0.39 is 0 Å². The Morgan fingerprint density at radius 3 is 2.12 bits per heavy atom. The van der Waals surface area contributed by atoms with Crippen molar-refractivity contribution >= 4 is 17.6 Å². The molecule has 0 aliphatic heterocycles. The third kappa shape index (κ3) is 5.43. The van der Waals surface area contributed by atoms with Crippen LogP contribution in [-0.2, 0) is 0 Å². The highest BCUT2D eigenvalue weighted by molar-refractivity contribution is 7.99. The van der Waals surface area contributed by atoms with Gasteiger partial charge in [0.05, 0.1) is 5.69 Å². The zero-order valence-corrected chi connectivity index (χ0v) is 15.5. The van der Waals surface area contributed by atoms with E-state index in [-0.39, 0.29) is 7.43 Å². The van der Waals surface area contributed by atoms with Gasteiger partial charge in [-0.25, -0.2) is 0 Å². The fourth-order valence-electron chi connectivity index (χ4n) is 2.65. The number of anilines is 1. The SMILES string of the molecule is C.C=CN.CSNc1ccc(-c2ccccc2)cc1-c1ccccc1C. The third-order valence-corrected chi connectivity index (χ3v) is 4.20. The molecular weight excluding hydrogens is 336 g/mol. The summed E-state index contributed by atoms with van der Waals surface area (Å²) in [6.07, 6.45) is 3.30. The van der Waals surface area contributed by atoms with E-state index in [9.17, 15) is 0 Å². The molecule has 26 heavy (non-hydrogen) atoms. The van der Waals surface area contributed by atoms with Crippen LogP contribution >= 0.6 is 11.9 Å². The highest BCUT2D eigenvalue weighted by Gasteiger charge is 2.09. The predicted molar refractivity (Wildman–Crippen MR) is 120 cm³/mol. The smallest absolute Gasteiger partial charge is 0.0519 e. The molecule has 0 amide bonds. The van der Waals surface area contributed by atoms with Crippen molar-refractivity contribution in [1.29, 1.82) is 0 Å². The maximum atomic E-state index is 4.61. The number of nitrogens with one attached hydrogen (secondary N) is 1. The summed E-state index contributed by atoms with van der Waals surface area (Å²) in [4.78, 5) is 0. The lowest BCUT2D eigenvalue weighted by atomic mass is 9.95. The lowest BCUT2D eigenvalue weighted by Crippen LogP contribution is -1.92. The van der Waals surface area contributed by atoms with E-state index in [1.54, 1.807) is 11.9 Å². The van der Waals surface area contributed by atoms with Gasteiger partial charge in [-0.05, 0) is 47.5 Å². The number of benzene rings is 3. The molecule has 0 atom stereocenters. The average molecular weight is 365 g/mol. The van der Waals surface area contributed by atoms with Gasteiger partial charge in [0.2, 0.25) is 0 Å². The van der Waals surface area contributed by atoms with Crippen molar-refractivity contribution in [2.75, 3.05) is 11.0 Å². The van der Waals surface area contributed by atoms with Crippen LogP contribution in [0.2, 0.25) is 0 Å². The largest absolute Gasteiger partial charge is 0.405 e. The number of aryl methyl sites for hydroxylation is 1. The molecule has 0 saturated heterocycles. The highest BCUT2D eigenvalue weighted by atomic mass is 32.2. The second kappa shape index (κ2) is 11.1. The third-order valence-electron chi connectivity index (χ3n) is 3.77. The van der Waals surface area contributed by atoms with Gasteiger partial charge in [-0.3, -0.25) is 0 Å².